The summed E-state index contributed by atoms with van der Waals surface area (Å²) in [4.78, 5) is 10.8. The van der Waals surface area contributed by atoms with Crippen molar-refractivity contribution in [2.24, 2.45) is 0 Å². The highest BCUT2D eigenvalue weighted by atomic mass is 127. The van der Waals surface area contributed by atoms with Gasteiger partial charge in [-0.3, -0.25) is 0 Å². The Bertz CT molecular complexity index is 287. The maximum atomic E-state index is 4.00. The van der Waals surface area contributed by atoms with E-state index < -0.39 is 0 Å². The molecule has 0 bridgehead atoms. The van der Waals surface area contributed by atoms with Gasteiger partial charge in [0.25, 0.3) is 0 Å². The highest BCUT2D eigenvalue weighted by Gasteiger charge is 1.89. The van der Waals surface area contributed by atoms with Crippen LogP contribution in [0.1, 0.15) is 0 Å². The summed E-state index contributed by atoms with van der Waals surface area (Å²) in [5.74, 6) is 0. The number of nitrogens with zero attached hydrogens (tertiary/aromatic N) is 2. The molecule has 4 heteroatoms. The molecule has 0 aliphatic carbocycles. The fraction of sp³-hybridized carbons (Fsp3) is 0. The van der Waals surface area contributed by atoms with Crippen molar-refractivity contribution in [2.45, 2.75) is 0 Å². The maximum Gasteiger partial charge on any atom is 0.116 e. The minimum absolute atomic E-state index is 0. The molecule has 0 amide bonds. The van der Waals surface area contributed by atoms with Crippen molar-refractivity contribution in [1.29, 1.82) is 0 Å². The van der Waals surface area contributed by atoms with E-state index in [4.69, 9.17) is 0 Å². The number of hydrogen-bond donors (Lipinski definition) is 1. The normalized spacial score (nSPS) is 9.20. The van der Waals surface area contributed by atoms with Gasteiger partial charge in [0.2, 0.25) is 0 Å². The van der Waals surface area contributed by atoms with Crippen LogP contribution >= 0.6 is 24.0 Å². The molecule has 0 saturated heterocycles. The molecule has 2 heterocycles. The van der Waals surface area contributed by atoms with Crippen molar-refractivity contribution >= 4 is 35.0 Å². The maximum absolute atomic E-state index is 4.00. The minimum Gasteiger partial charge on any atom is -0.359 e. The summed E-state index contributed by atoms with van der Waals surface area (Å²) in [5, 5.41) is 0. The smallest absolute Gasteiger partial charge is 0.116 e. The van der Waals surface area contributed by atoms with Crippen LogP contribution in [0.25, 0.3) is 11.0 Å². The van der Waals surface area contributed by atoms with E-state index in [1.807, 2.05) is 12.3 Å². The van der Waals surface area contributed by atoms with E-state index in [2.05, 4.69) is 15.0 Å². The first-order chi connectivity index (χ1) is 4.47. The average Bonchev–Trinajstić information content (AvgIpc) is 2.33. The molecule has 0 atom stereocenters. The molecule has 0 unspecified atom stereocenters. The molecule has 0 aliphatic rings. The van der Waals surface area contributed by atoms with Gasteiger partial charge in [-0.05, 0) is 6.07 Å². The van der Waals surface area contributed by atoms with Crippen LogP contribution in [0.4, 0.5) is 0 Å². The molecular formula is C6H6IN3. The van der Waals surface area contributed by atoms with Gasteiger partial charge >= 0.3 is 0 Å². The Morgan fingerprint density at radius 3 is 3.10 bits per heavy atom. The predicted molar refractivity (Wildman–Crippen MR) is 49.3 cm³/mol. The number of aromatic amines is 1. The number of H-pyrrole nitrogens is 1. The van der Waals surface area contributed by atoms with E-state index in [0.717, 1.165) is 11.0 Å². The highest BCUT2D eigenvalue weighted by molar-refractivity contribution is 14.0. The Labute approximate surface area is 74.9 Å². The third-order valence-electron chi connectivity index (χ3n) is 1.22. The molecule has 2 aromatic heterocycles. The summed E-state index contributed by atoms with van der Waals surface area (Å²) in [5.41, 5.74) is 1.95. The van der Waals surface area contributed by atoms with Gasteiger partial charge in [-0.1, -0.05) is 0 Å². The molecule has 0 fully saturated rings. The lowest BCUT2D eigenvalue weighted by Crippen LogP contribution is -1.74. The van der Waals surface area contributed by atoms with Crippen LogP contribution < -0.4 is 0 Å². The van der Waals surface area contributed by atoms with Crippen LogP contribution in [0.2, 0.25) is 0 Å². The first-order valence-electron chi connectivity index (χ1n) is 2.70. The van der Waals surface area contributed by atoms with E-state index in [0.29, 0.717) is 0 Å². The number of halogens is 1. The Hall–Kier alpha value is -0.650. The minimum atomic E-state index is 0. The number of rotatable bonds is 0. The van der Waals surface area contributed by atoms with Gasteiger partial charge in [-0.15, -0.1) is 24.0 Å². The third kappa shape index (κ3) is 1.11. The Balaban J connectivity index is 0.000000500. The van der Waals surface area contributed by atoms with E-state index in [1.165, 1.54) is 6.33 Å². The van der Waals surface area contributed by atoms with Crippen LogP contribution in [0.15, 0.2) is 24.8 Å². The fourth-order valence-electron chi connectivity index (χ4n) is 0.793. The molecule has 0 aromatic carbocycles. The van der Waals surface area contributed by atoms with Crippen molar-refractivity contribution in [1.82, 2.24) is 15.0 Å². The standard InChI is InChI=1S/C6H5N3.HI/c1-2-8-6-3-7-4-9-5(1)6;/h1-4,8H;1H. The molecule has 1 N–H and O–H groups in total. The van der Waals surface area contributed by atoms with E-state index >= 15 is 0 Å². The Kier molecular flexibility index (Phi) is 2.21. The van der Waals surface area contributed by atoms with Crippen LogP contribution in [0.3, 0.4) is 0 Å². The lowest BCUT2D eigenvalue weighted by atomic mass is 10.5. The number of aromatic nitrogens is 3. The van der Waals surface area contributed by atoms with E-state index in [9.17, 15) is 0 Å². The molecule has 0 spiro atoms. The zero-order valence-corrected chi connectivity index (χ0v) is 7.44. The van der Waals surface area contributed by atoms with Crippen LogP contribution in [-0.2, 0) is 0 Å². The fourth-order valence-corrected chi connectivity index (χ4v) is 0.793. The second kappa shape index (κ2) is 2.96. The van der Waals surface area contributed by atoms with Crippen molar-refractivity contribution in [3.05, 3.63) is 24.8 Å². The first kappa shape index (κ1) is 7.46. The Morgan fingerprint density at radius 1 is 1.40 bits per heavy atom. The lowest BCUT2D eigenvalue weighted by Gasteiger charge is -1.82. The van der Waals surface area contributed by atoms with Gasteiger partial charge in [0.1, 0.15) is 6.33 Å². The largest absolute Gasteiger partial charge is 0.359 e. The highest BCUT2D eigenvalue weighted by Crippen LogP contribution is 2.03. The third-order valence-corrected chi connectivity index (χ3v) is 1.22. The molecule has 2 rings (SSSR count). The van der Waals surface area contributed by atoms with Crippen LogP contribution in [-0.4, -0.2) is 15.0 Å². The summed E-state index contributed by atoms with van der Waals surface area (Å²) in [6, 6.07) is 1.91. The molecule has 2 aromatic rings. The zero-order chi connectivity index (χ0) is 6.10. The van der Waals surface area contributed by atoms with Gasteiger partial charge in [0.05, 0.1) is 17.2 Å². The second-order valence-electron chi connectivity index (χ2n) is 1.80. The topological polar surface area (TPSA) is 41.6 Å². The van der Waals surface area contributed by atoms with Crippen LogP contribution in [0.5, 0.6) is 0 Å². The number of hydrogen-bond acceptors (Lipinski definition) is 2. The molecule has 52 valence electrons. The number of fused-ring (bicyclic) bond motifs is 1. The summed E-state index contributed by atoms with van der Waals surface area (Å²) >= 11 is 0. The van der Waals surface area contributed by atoms with Crippen molar-refractivity contribution in [2.75, 3.05) is 0 Å². The number of nitrogens with one attached hydrogen (secondary N) is 1. The zero-order valence-electron chi connectivity index (χ0n) is 5.11. The van der Waals surface area contributed by atoms with Crippen molar-refractivity contribution in [3.63, 3.8) is 0 Å². The monoisotopic (exact) mass is 247 g/mol. The summed E-state index contributed by atoms with van der Waals surface area (Å²) in [6.07, 6.45) is 5.14. The molecule has 0 radical (unpaired) electrons. The molecule has 3 nitrogen and oxygen atoms in total. The SMILES string of the molecule is I.c1ncc2[nH]ccc2n1. The quantitative estimate of drug-likeness (QED) is 0.718. The van der Waals surface area contributed by atoms with Crippen LogP contribution in [0, 0.1) is 0 Å². The van der Waals surface area contributed by atoms with E-state index in [-0.39, 0.29) is 24.0 Å². The van der Waals surface area contributed by atoms with Gasteiger partial charge in [-0.2, -0.15) is 0 Å². The van der Waals surface area contributed by atoms with E-state index in [1.54, 1.807) is 6.20 Å². The first-order valence-corrected chi connectivity index (χ1v) is 2.70. The van der Waals surface area contributed by atoms with Gasteiger partial charge in [0, 0.05) is 6.20 Å². The molecular weight excluding hydrogens is 241 g/mol. The van der Waals surface area contributed by atoms with Crippen molar-refractivity contribution in [3.8, 4) is 0 Å². The van der Waals surface area contributed by atoms with Gasteiger partial charge < -0.3 is 4.98 Å². The molecule has 10 heavy (non-hydrogen) atoms. The van der Waals surface area contributed by atoms with Gasteiger partial charge in [-0.25, -0.2) is 9.97 Å². The predicted octanol–water partition coefficient (Wildman–Crippen LogP) is 1.58. The Morgan fingerprint density at radius 2 is 2.30 bits per heavy atom. The summed E-state index contributed by atoms with van der Waals surface area (Å²) < 4.78 is 0. The summed E-state index contributed by atoms with van der Waals surface area (Å²) in [7, 11) is 0. The van der Waals surface area contributed by atoms with Gasteiger partial charge in [0.15, 0.2) is 0 Å². The lowest BCUT2D eigenvalue weighted by molar-refractivity contribution is 1.22. The summed E-state index contributed by atoms with van der Waals surface area (Å²) in [6.45, 7) is 0. The second-order valence-corrected chi connectivity index (χ2v) is 1.80. The molecule has 0 aliphatic heterocycles. The van der Waals surface area contributed by atoms with Crippen molar-refractivity contribution < 1.29 is 0 Å². The molecule has 0 saturated carbocycles. The average molecular weight is 247 g/mol.